The predicted octanol–water partition coefficient (Wildman–Crippen LogP) is 2.33. The van der Waals surface area contributed by atoms with Crippen molar-refractivity contribution in [2.45, 2.75) is 0 Å². The maximum atomic E-state index is 13.6. The molecule has 110 valence electrons. The van der Waals surface area contributed by atoms with Crippen LogP contribution in [0.1, 0.15) is 0 Å². The minimum atomic E-state index is -0.927. The second-order valence-corrected chi connectivity index (χ2v) is 4.59. The van der Waals surface area contributed by atoms with Crippen molar-refractivity contribution >= 4 is 17.3 Å². The number of aromatic nitrogens is 2. The van der Waals surface area contributed by atoms with Crippen molar-refractivity contribution in [3.8, 4) is 0 Å². The molecule has 1 N–H and O–H groups in total. The third kappa shape index (κ3) is 3.08. The number of nitrogens with one attached hydrogen (secondary N) is 1. The molecule has 0 saturated carbocycles. The minimum absolute atomic E-state index is 0.0432. The lowest BCUT2D eigenvalue weighted by Gasteiger charge is -2.27. The third-order valence-electron chi connectivity index (χ3n) is 3.20. The summed E-state index contributed by atoms with van der Waals surface area (Å²) in [5.74, 6) is -0.685. The number of hydrogen-bond acceptors (Lipinski definition) is 5. The number of benzene rings is 1. The van der Waals surface area contributed by atoms with E-state index in [0.29, 0.717) is 19.0 Å². The molecule has 2 aromatic rings. The number of nitrogens with zero attached hydrogens (tertiary/aromatic N) is 3. The molecule has 0 bridgehead atoms. The molecule has 1 aromatic heterocycles. The van der Waals surface area contributed by atoms with Gasteiger partial charge in [0.25, 0.3) is 0 Å². The standard InChI is InChI=1S/C14H14F2N4O/c15-10-2-1-3-11(14(10)16)19-12-8-13(18-9-17-12)20-4-6-21-7-5-20/h1-3,8-9H,4-7H2,(H,17,18,19). The Morgan fingerprint density at radius 1 is 1.14 bits per heavy atom. The van der Waals surface area contributed by atoms with Crippen molar-refractivity contribution in [3.05, 3.63) is 42.2 Å². The Hall–Kier alpha value is -2.28. The summed E-state index contributed by atoms with van der Waals surface area (Å²) in [7, 11) is 0. The van der Waals surface area contributed by atoms with Crippen molar-refractivity contribution in [1.82, 2.24) is 9.97 Å². The largest absolute Gasteiger partial charge is 0.378 e. The van der Waals surface area contributed by atoms with E-state index in [-0.39, 0.29) is 5.69 Å². The summed E-state index contributed by atoms with van der Waals surface area (Å²) in [6.45, 7) is 2.77. The maximum absolute atomic E-state index is 13.6. The Morgan fingerprint density at radius 2 is 1.95 bits per heavy atom. The first-order chi connectivity index (χ1) is 10.2. The van der Waals surface area contributed by atoms with Gasteiger partial charge in [-0.1, -0.05) is 6.07 Å². The van der Waals surface area contributed by atoms with Crippen LogP contribution in [0.3, 0.4) is 0 Å². The molecule has 1 fully saturated rings. The monoisotopic (exact) mass is 292 g/mol. The van der Waals surface area contributed by atoms with Crippen LogP contribution in [0.15, 0.2) is 30.6 Å². The summed E-state index contributed by atoms with van der Waals surface area (Å²) in [5.41, 5.74) is 0.0432. The topological polar surface area (TPSA) is 50.3 Å². The first kappa shape index (κ1) is 13.7. The SMILES string of the molecule is Fc1cccc(Nc2cc(N3CCOCC3)ncn2)c1F. The van der Waals surface area contributed by atoms with E-state index in [1.807, 2.05) is 0 Å². The fraction of sp³-hybridized carbons (Fsp3) is 0.286. The van der Waals surface area contributed by atoms with Crippen molar-refractivity contribution < 1.29 is 13.5 Å². The van der Waals surface area contributed by atoms with E-state index in [1.54, 1.807) is 6.07 Å². The lowest BCUT2D eigenvalue weighted by atomic mass is 10.3. The summed E-state index contributed by atoms with van der Waals surface area (Å²) in [6.07, 6.45) is 1.39. The van der Waals surface area contributed by atoms with Crippen LogP contribution in [0.25, 0.3) is 0 Å². The van der Waals surface area contributed by atoms with Crippen LogP contribution in [0.4, 0.5) is 26.1 Å². The highest BCUT2D eigenvalue weighted by atomic mass is 19.2. The van der Waals surface area contributed by atoms with Gasteiger partial charge < -0.3 is 15.0 Å². The average molecular weight is 292 g/mol. The van der Waals surface area contributed by atoms with Gasteiger partial charge in [-0.2, -0.15) is 0 Å². The zero-order valence-corrected chi connectivity index (χ0v) is 11.2. The number of hydrogen-bond donors (Lipinski definition) is 1. The Bertz CT molecular complexity index is 632. The number of anilines is 3. The summed E-state index contributed by atoms with van der Waals surface area (Å²) < 4.78 is 32.1. The second-order valence-electron chi connectivity index (χ2n) is 4.59. The van der Waals surface area contributed by atoms with Gasteiger partial charge >= 0.3 is 0 Å². The molecule has 0 unspecified atom stereocenters. The lowest BCUT2D eigenvalue weighted by molar-refractivity contribution is 0.122. The third-order valence-corrected chi connectivity index (χ3v) is 3.20. The van der Waals surface area contributed by atoms with Gasteiger partial charge in [0.1, 0.15) is 18.0 Å². The molecular weight excluding hydrogens is 278 g/mol. The Balaban J connectivity index is 1.81. The normalized spacial score (nSPS) is 15.0. The van der Waals surface area contributed by atoms with E-state index in [0.717, 1.165) is 25.0 Å². The number of halogens is 2. The van der Waals surface area contributed by atoms with Gasteiger partial charge in [-0.3, -0.25) is 0 Å². The molecule has 0 radical (unpaired) electrons. The summed E-state index contributed by atoms with van der Waals surface area (Å²) in [5, 5.41) is 2.77. The fourth-order valence-corrected chi connectivity index (χ4v) is 2.12. The van der Waals surface area contributed by atoms with Crippen molar-refractivity contribution in [1.29, 1.82) is 0 Å². The molecule has 1 aliphatic heterocycles. The van der Waals surface area contributed by atoms with Crippen LogP contribution in [0, 0.1) is 11.6 Å². The Morgan fingerprint density at radius 3 is 2.76 bits per heavy atom. The second kappa shape index (κ2) is 6.01. The van der Waals surface area contributed by atoms with Gasteiger partial charge in [0.2, 0.25) is 0 Å². The zero-order valence-electron chi connectivity index (χ0n) is 11.2. The fourth-order valence-electron chi connectivity index (χ4n) is 2.12. The van der Waals surface area contributed by atoms with Crippen molar-refractivity contribution in [2.24, 2.45) is 0 Å². The van der Waals surface area contributed by atoms with Gasteiger partial charge in [-0.05, 0) is 12.1 Å². The predicted molar refractivity (Wildman–Crippen MR) is 74.7 cm³/mol. The number of rotatable bonds is 3. The Kier molecular flexibility index (Phi) is 3.92. The summed E-state index contributed by atoms with van der Waals surface area (Å²) in [6, 6.07) is 5.66. The lowest BCUT2D eigenvalue weighted by Crippen LogP contribution is -2.36. The van der Waals surface area contributed by atoms with E-state index in [9.17, 15) is 8.78 Å². The molecule has 0 atom stereocenters. The van der Waals surface area contributed by atoms with Crippen LogP contribution in [-0.4, -0.2) is 36.3 Å². The van der Waals surface area contributed by atoms with E-state index in [2.05, 4.69) is 20.2 Å². The molecule has 0 amide bonds. The van der Waals surface area contributed by atoms with Crippen LogP contribution in [0.5, 0.6) is 0 Å². The average Bonchev–Trinajstić information content (AvgIpc) is 2.53. The first-order valence-corrected chi connectivity index (χ1v) is 6.60. The van der Waals surface area contributed by atoms with E-state index in [4.69, 9.17) is 4.74 Å². The highest BCUT2D eigenvalue weighted by Gasteiger charge is 2.14. The molecule has 21 heavy (non-hydrogen) atoms. The summed E-state index contributed by atoms with van der Waals surface area (Å²) >= 11 is 0. The summed E-state index contributed by atoms with van der Waals surface area (Å²) in [4.78, 5) is 10.3. The highest BCUT2D eigenvalue weighted by Crippen LogP contribution is 2.22. The van der Waals surface area contributed by atoms with Crippen molar-refractivity contribution in [2.75, 3.05) is 36.5 Å². The maximum Gasteiger partial charge on any atom is 0.182 e. The van der Waals surface area contributed by atoms with Crippen molar-refractivity contribution in [3.63, 3.8) is 0 Å². The molecule has 0 spiro atoms. The quantitative estimate of drug-likeness (QED) is 0.941. The van der Waals surface area contributed by atoms with Gasteiger partial charge in [0.05, 0.1) is 18.9 Å². The number of ether oxygens (including phenoxy) is 1. The zero-order chi connectivity index (χ0) is 14.7. The van der Waals surface area contributed by atoms with Gasteiger partial charge in [0.15, 0.2) is 11.6 Å². The highest BCUT2D eigenvalue weighted by molar-refractivity contribution is 5.59. The first-order valence-electron chi connectivity index (χ1n) is 6.60. The molecular formula is C14H14F2N4O. The molecule has 3 rings (SSSR count). The number of morpholine rings is 1. The van der Waals surface area contributed by atoms with Gasteiger partial charge in [0, 0.05) is 19.2 Å². The molecule has 1 aliphatic rings. The molecule has 2 heterocycles. The smallest absolute Gasteiger partial charge is 0.182 e. The van der Waals surface area contributed by atoms with Gasteiger partial charge in [-0.25, -0.2) is 18.7 Å². The van der Waals surface area contributed by atoms with E-state index in [1.165, 1.54) is 18.5 Å². The van der Waals surface area contributed by atoms with Gasteiger partial charge in [-0.15, -0.1) is 0 Å². The van der Waals surface area contributed by atoms with Crippen LogP contribution < -0.4 is 10.2 Å². The van der Waals surface area contributed by atoms with Crippen LogP contribution in [0.2, 0.25) is 0 Å². The molecule has 5 nitrogen and oxygen atoms in total. The van der Waals surface area contributed by atoms with E-state index >= 15 is 0 Å². The molecule has 7 heteroatoms. The molecule has 1 saturated heterocycles. The Labute approximate surface area is 120 Å². The molecule has 1 aromatic carbocycles. The minimum Gasteiger partial charge on any atom is -0.378 e. The van der Waals surface area contributed by atoms with Crippen LogP contribution >= 0.6 is 0 Å². The van der Waals surface area contributed by atoms with E-state index < -0.39 is 11.6 Å². The molecule has 0 aliphatic carbocycles. The van der Waals surface area contributed by atoms with Crippen LogP contribution in [-0.2, 0) is 4.74 Å².